The number of halogens is 1. The number of nitrogens with zero attached hydrogens (tertiary/aromatic N) is 3. The van der Waals surface area contributed by atoms with E-state index in [0.29, 0.717) is 26.0 Å². The lowest BCUT2D eigenvalue weighted by molar-refractivity contribution is -0.384. The van der Waals surface area contributed by atoms with E-state index >= 15 is 4.79 Å². The summed E-state index contributed by atoms with van der Waals surface area (Å²) in [5, 5.41) is 20.9. The van der Waals surface area contributed by atoms with Crippen molar-refractivity contribution in [3.05, 3.63) is 182 Å². The number of anilines is 1. The van der Waals surface area contributed by atoms with Crippen molar-refractivity contribution in [1.29, 1.82) is 0 Å². The monoisotopic (exact) mass is 935 g/mol. The summed E-state index contributed by atoms with van der Waals surface area (Å²) in [7, 11) is 0. The normalized spacial score (nSPS) is 22.9. The van der Waals surface area contributed by atoms with Crippen LogP contribution < -0.4 is 9.64 Å². The number of nitro benzene ring substituents is 1. The second kappa shape index (κ2) is 17.3. The van der Waals surface area contributed by atoms with Gasteiger partial charge in [-0.3, -0.25) is 29.4 Å². The standard InChI is InChI=1S/C46H38IN3O11/c1-2-23-59-42(52)37-39-43(53)61-40(30-12-7-4-8-13-30)38(29-10-5-3-6-11-29)49(39)41(31-14-9-15-34(25-31)58-24-22-51)46(37)35-26-32(47)18-21-36(35)48(44(46)54)45(55)60-27-28-16-19-33(20-17-28)50(56)57/h2-21,25-26,37-41,51H,1,22-24,27H2/t37-,38-,39-,40+,41+,46-/m0/s1. The van der Waals surface area contributed by atoms with Gasteiger partial charge in [0.25, 0.3) is 5.69 Å². The summed E-state index contributed by atoms with van der Waals surface area (Å²) >= 11 is 2.09. The number of ether oxygens (including phenoxy) is 4. The van der Waals surface area contributed by atoms with E-state index in [1.165, 1.54) is 30.3 Å². The van der Waals surface area contributed by atoms with E-state index in [0.717, 1.165) is 10.5 Å². The zero-order chi connectivity index (χ0) is 42.8. The van der Waals surface area contributed by atoms with Crippen LogP contribution in [0.2, 0.25) is 0 Å². The van der Waals surface area contributed by atoms with Crippen LogP contribution in [-0.2, 0) is 40.6 Å². The molecule has 3 aliphatic rings. The molecule has 61 heavy (non-hydrogen) atoms. The molecule has 310 valence electrons. The number of esters is 2. The number of hydrogen-bond donors (Lipinski definition) is 1. The molecule has 0 radical (unpaired) electrons. The molecular formula is C46H38IN3O11. The van der Waals surface area contributed by atoms with E-state index in [4.69, 9.17) is 18.9 Å². The smallest absolute Gasteiger partial charge is 0.421 e. The first-order chi connectivity index (χ1) is 29.6. The van der Waals surface area contributed by atoms with Gasteiger partial charge in [-0.05, 0) is 92.9 Å². The van der Waals surface area contributed by atoms with Gasteiger partial charge in [-0.15, -0.1) is 0 Å². The average Bonchev–Trinajstić information content (AvgIpc) is 3.73. The summed E-state index contributed by atoms with van der Waals surface area (Å²) in [5.74, 6) is -3.79. The predicted molar refractivity (Wildman–Crippen MR) is 228 cm³/mol. The number of hydrogen-bond acceptors (Lipinski definition) is 12. The molecular weight excluding hydrogens is 897 g/mol. The van der Waals surface area contributed by atoms with Crippen molar-refractivity contribution in [2.24, 2.45) is 5.92 Å². The van der Waals surface area contributed by atoms with E-state index in [2.05, 4.69) is 29.2 Å². The molecule has 2 saturated heterocycles. The van der Waals surface area contributed by atoms with Crippen LogP contribution >= 0.6 is 22.6 Å². The van der Waals surface area contributed by atoms with Crippen molar-refractivity contribution in [3.63, 3.8) is 0 Å². The van der Waals surface area contributed by atoms with Crippen LogP contribution in [0.5, 0.6) is 5.75 Å². The molecule has 2 amide bonds. The Balaban J connectivity index is 1.38. The molecule has 0 saturated carbocycles. The number of rotatable bonds is 12. The van der Waals surface area contributed by atoms with Crippen molar-refractivity contribution >= 4 is 57.9 Å². The Hall–Kier alpha value is -6.43. The number of carbonyl (C=O) groups excluding carboxylic acids is 4. The van der Waals surface area contributed by atoms with E-state index in [1.807, 2.05) is 65.6 Å². The number of cyclic esters (lactones) is 1. The summed E-state index contributed by atoms with van der Waals surface area (Å²) in [6, 6.07) is 32.4. The van der Waals surface area contributed by atoms with Crippen molar-refractivity contribution in [1.82, 2.24) is 4.90 Å². The molecule has 2 fully saturated rings. The highest BCUT2D eigenvalue weighted by molar-refractivity contribution is 14.1. The minimum absolute atomic E-state index is 0.0362. The number of morpholine rings is 1. The molecule has 5 aromatic rings. The number of nitro groups is 1. The van der Waals surface area contributed by atoms with Gasteiger partial charge in [-0.25, -0.2) is 9.69 Å². The molecule has 0 bridgehead atoms. The van der Waals surface area contributed by atoms with Crippen LogP contribution in [0, 0.1) is 19.6 Å². The Morgan fingerprint density at radius 3 is 2.23 bits per heavy atom. The van der Waals surface area contributed by atoms with Crippen LogP contribution in [0.3, 0.4) is 0 Å². The molecule has 1 N–H and O–H groups in total. The minimum Gasteiger partial charge on any atom is -0.491 e. The molecule has 14 nitrogen and oxygen atoms in total. The Bertz CT molecular complexity index is 2500. The zero-order valence-corrected chi connectivity index (χ0v) is 34.5. The highest BCUT2D eigenvalue weighted by Crippen LogP contribution is 2.66. The van der Waals surface area contributed by atoms with Crippen molar-refractivity contribution in [2.75, 3.05) is 24.7 Å². The van der Waals surface area contributed by atoms with Gasteiger partial charge < -0.3 is 24.1 Å². The number of carbonyl (C=O) groups is 4. The highest BCUT2D eigenvalue weighted by Gasteiger charge is 2.76. The molecule has 1 spiro atoms. The lowest BCUT2D eigenvalue weighted by Gasteiger charge is -2.46. The van der Waals surface area contributed by atoms with Crippen LogP contribution in [-0.4, -0.2) is 64.7 Å². The molecule has 0 aromatic heterocycles. The molecule has 6 atom stereocenters. The molecule has 5 aromatic carbocycles. The Morgan fingerprint density at radius 2 is 1.56 bits per heavy atom. The fourth-order valence-corrected chi connectivity index (χ4v) is 9.41. The number of non-ortho nitro benzene ring substituents is 1. The Kier molecular flexibility index (Phi) is 11.7. The number of benzene rings is 5. The molecule has 0 aliphatic carbocycles. The first kappa shape index (κ1) is 41.3. The first-order valence-electron chi connectivity index (χ1n) is 19.3. The van der Waals surface area contributed by atoms with Gasteiger partial charge in [0, 0.05) is 15.7 Å². The van der Waals surface area contributed by atoms with Gasteiger partial charge >= 0.3 is 18.0 Å². The van der Waals surface area contributed by atoms with Gasteiger partial charge in [-0.2, -0.15) is 0 Å². The summed E-state index contributed by atoms with van der Waals surface area (Å²) in [6.45, 7) is 2.81. The van der Waals surface area contributed by atoms with Gasteiger partial charge in [0.15, 0.2) is 0 Å². The number of aliphatic hydroxyl groups is 1. The van der Waals surface area contributed by atoms with Crippen LogP contribution in [0.1, 0.15) is 46.0 Å². The van der Waals surface area contributed by atoms with Crippen molar-refractivity contribution in [2.45, 2.75) is 36.3 Å². The minimum atomic E-state index is -2.06. The molecule has 3 heterocycles. The van der Waals surface area contributed by atoms with E-state index < -0.39 is 64.4 Å². The van der Waals surface area contributed by atoms with Gasteiger partial charge in [0.1, 0.15) is 49.0 Å². The maximum atomic E-state index is 16.0. The SMILES string of the molecule is C=CCOC(=O)[C@@H]1[C@H]2C(=O)O[C@H](c3ccccc3)[C@H](c3ccccc3)N2[C@H](c2cccc(OCCO)c2)[C@@]12C(=O)N(C(=O)OCc1ccc([N+](=O)[O-])cc1)c1ccc(I)cc12. The zero-order valence-electron chi connectivity index (χ0n) is 32.4. The van der Waals surface area contributed by atoms with Crippen LogP contribution in [0.25, 0.3) is 0 Å². The van der Waals surface area contributed by atoms with Crippen molar-refractivity contribution in [3.8, 4) is 5.75 Å². The number of aliphatic hydroxyl groups excluding tert-OH is 1. The van der Waals surface area contributed by atoms with E-state index in [1.54, 1.807) is 42.5 Å². The molecule has 15 heteroatoms. The van der Waals surface area contributed by atoms with Gasteiger partial charge in [0.2, 0.25) is 5.91 Å². The maximum absolute atomic E-state index is 16.0. The molecule has 3 aliphatic heterocycles. The van der Waals surface area contributed by atoms with Crippen LogP contribution in [0.4, 0.5) is 16.2 Å². The second-order valence-corrected chi connectivity index (χ2v) is 15.9. The fourth-order valence-electron chi connectivity index (χ4n) is 8.92. The summed E-state index contributed by atoms with van der Waals surface area (Å²) < 4.78 is 24.5. The Labute approximate surface area is 363 Å². The quantitative estimate of drug-likeness (QED) is 0.0331. The number of fused-ring (bicyclic) bond motifs is 3. The largest absolute Gasteiger partial charge is 0.491 e. The number of imide groups is 1. The first-order valence-corrected chi connectivity index (χ1v) is 20.4. The third kappa shape index (κ3) is 7.31. The summed E-state index contributed by atoms with van der Waals surface area (Å²) in [6.07, 6.45) is -0.629. The number of amides is 2. The maximum Gasteiger partial charge on any atom is 0.421 e. The topological polar surface area (TPSA) is 175 Å². The molecule has 8 rings (SSSR count). The average molecular weight is 936 g/mol. The van der Waals surface area contributed by atoms with E-state index in [-0.39, 0.29) is 43.4 Å². The third-order valence-corrected chi connectivity index (χ3v) is 11.9. The van der Waals surface area contributed by atoms with Crippen molar-refractivity contribution < 1.29 is 48.2 Å². The third-order valence-electron chi connectivity index (χ3n) is 11.2. The highest BCUT2D eigenvalue weighted by atomic mass is 127. The van der Waals surface area contributed by atoms with Crippen LogP contribution in [0.15, 0.2) is 140 Å². The second-order valence-electron chi connectivity index (χ2n) is 14.6. The van der Waals surface area contributed by atoms with Gasteiger partial charge in [0.05, 0.1) is 29.3 Å². The summed E-state index contributed by atoms with van der Waals surface area (Å²) in [4.78, 5) is 73.9. The van der Waals surface area contributed by atoms with Gasteiger partial charge in [-0.1, -0.05) is 85.5 Å². The Morgan fingerprint density at radius 1 is 0.869 bits per heavy atom. The lowest BCUT2D eigenvalue weighted by atomic mass is 9.65. The van der Waals surface area contributed by atoms with E-state index in [9.17, 15) is 29.6 Å². The fraction of sp³-hybridized carbons (Fsp3) is 0.217. The predicted octanol–water partition coefficient (Wildman–Crippen LogP) is 7.30. The summed E-state index contributed by atoms with van der Waals surface area (Å²) in [5.41, 5.74) is 0.454. The lowest BCUT2D eigenvalue weighted by Crippen LogP contribution is -2.53. The molecule has 0 unspecified atom stereocenters.